The van der Waals surface area contributed by atoms with Crippen molar-refractivity contribution < 1.29 is 14.4 Å². The predicted octanol–water partition coefficient (Wildman–Crippen LogP) is 5.89. The second kappa shape index (κ2) is 10.3. The van der Waals surface area contributed by atoms with E-state index in [9.17, 15) is 14.4 Å². The van der Waals surface area contributed by atoms with Crippen LogP contribution in [0.4, 0.5) is 11.4 Å². The third-order valence-electron chi connectivity index (χ3n) is 5.44. The first-order valence-electron chi connectivity index (χ1n) is 10.9. The Morgan fingerprint density at radius 3 is 2.43 bits per heavy atom. The van der Waals surface area contributed by atoms with E-state index in [1.807, 2.05) is 38.1 Å². The van der Waals surface area contributed by atoms with Gasteiger partial charge in [-0.1, -0.05) is 42.8 Å². The minimum atomic E-state index is -0.922. The van der Waals surface area contributed by atoms with E-state index in [1.54, 1.807) is 42.5 Å². The van der Waals surface area contributed by atoms with Crippen LogP contribution in [0.5, 0.6) is 0 Å². The molecule has 0 fully saturated rings. The fourth-order valence-corrected chi connectivity index (χ4v) is 4.44. The summed E-state index contributed by atoms with van der Waals surface area (Å²) in [5, 5.41) is 6.58. The summed E-state index contributed by atoms with van der Waals surface area (Å²) in [4.78, 5) is 38.7. The molecule has 0 unspecified atom stereocenters. The van der Waals surface area contributed by atoms with Crippen molar-refractivity contribution in [1.82, 2.24) is 4.68 Å². The van der Waals surface area contributed by atoms with Gasteiger partial charge in [-0.25, -0.2) is 4.68 Å². The molecule has 0 saturated carbocycles. The maximum Gasteiger partial charge on any atom is 0.328 e. The van der Waals surface area contributed by atoms with Crippen LogP contribution in [0.25, 0.3) is 10.9 Å². The Balaban J connectivity index is 1.64. The molecule has 0 bridgehead atoms. The summed E-state index contributed by atoms with van der Waals surface area (Å²) in [6, 6.07) is 19.4. The smallest absolute Gasteiger partial charge is 0.320 e. The molecule has 0 atom stereocenters. The number of fused-ring (bicyclic) bond motifs is 1. The highest BCUT2D eigenvalue weighted by molar-refractivity contribution is 9.10. The molecule has 4 aromatic rings. The number of halogens is 2. The Morgan fingerprint density at radius 1 is 0.914 bits per heavy atom. The molecule has 0 saturated heterocycles. The number of nitrogens with zero attached hydrogens (tertiary/aromatic N) is 1. The van der Waals surface area contributed by atoms with Crippen molar-refractivity contribution in [3.8, 4) is 0 Å². The molecule has 178 valence electrons. The second-order valence-corrected chi connectivity index (χ2v) is 9.20. The first kappa shape index (κ1) is 24.5. The number of hydrogen-bond acceptors (Lipinski definition) is 3. The minimum Gasteiger partial charge on any atom is -0.320 e. The molecule has 3 aromatic carbocycles. The molecular formula is C26H22BrClN4O3. The second-order valence-electron chi connectivity index (χ2n) is 7.91. The molecule has 35 heavy (non-hydrogen) atoms. The molecule has 0 aliphatic heterocycles. The van der Waals surface area contributed by atoms with E-state index in [-0.39, 0.29) is 5.69 Å². The Bertz CT molecular complexity index is 1460. The van der Waals surface area contributed by atoms with Crippen LogP contribution in [0.1, 0.15) is 28.5 Å². The number of para-hydroxylation sites is 1. The van der Waals surface area contributed by atoms with Crippen LogP contribution in [0.15, 0.2) is 71.2 Å². The first-order valence-corrected chi connectivity index (χ1v) is 12.0. The Morgan fingerprint density at radius 2 is 1.69 bits per heavy atom. The zero-order chi connectivity index (χ0) is 25.1. The maximum atomic E-state index is 13.2. The summed E-state index contributed by atoms with van der Waals surface area (Å²) in [5.41, 5.74) is 6.25. The maximum absolute atomic E-state index is 13.2. The minimum absolute atomic E-state index is 0.129. The van der Waals surface area contributed by atoms with Gasteiger partial charge in [0.1, 0.15) is 5.69 Å². The van der Waals surface area contributed by atoms with E-state index < -0.39 is 17.7 Å². The lowest BCUT2D eigenvalue weighted by Gasteiger charge is -2.14. The quantitative estimate of drug-likeness (QED) is 0.269. The number of aryl methyl sites for hydroxylation is 2. The number of rotatable bonds is 5. The number of aromatic nitrogens is 1. The number of hydrogen-bond donors (Lipinski definition) is 3. The molecule has 0 aliphatic carbocycles. The van der Waals surface area contributed by atoms with Crippen molar-refractivity contribution in [2.45, 2.75) is 20.3 Å². The Hall–Kier alpha value is -3.62. The van der Waals surface area contributed by atoms with Gasteiger partial charge in [0.05, 0.1) is 11.2 Å². The third-order valence-corrected chi connectivity index (χ3v) is 6.33. The molecule has 1 heterocycles. The van der Waals surface area contributed by atoms with Crippen LogP contribution >= 0.6 is 27.5 Å². The number of nitrogens with one attached hydrogen (secondary N) is 3. The lowest BCUT2D eigenvalue weighted by molar-refractivity contribution is -0.133. The summed E-state index contributed by atoms with van der Waals surface area (Å²) >= 11 is 9.58. The summed E-state index contributed by atoms with van der Waals surface area (Å²) in [6.07, 6.45) is 0.694. The topological polar surface area (TPSA) is 92.2 Å². The van der Waals surface area contributed by atoms with Crippen LogP contribution < -0.4 is 16.1 Å². The van der Waals surface area contributed by atoms with Crippen LogP contribution in [-0.2, 0) is 16.0 Å². The van der Waals surface area contributed by atoms with Gasteiger partial charge >= 0.3 is 11.8 Å². The lowest BCUT2D eigenvalue weighted by atomic mass is 10.1. The van der Waals surface area contributed by atoms with Crippen LogP contribution in [0.2, 0.25) is 5.02 Å². The number of benzene rings is 3. The first-order chi connectivity index (χ1) is 16.8. The van der Waals surface area contributed by atoms with E-state index in [4.69, 9.17) is 11.6 Å². The lowest BCUT2D eigenvalue weighted by Crippen LogP contribution is -2.36. The van der Waals surface area contributed by atoms with Crippen LogP contribution in [-0.4, -0.2) is 22.4 Å². The average Bonchev–Trinajstić information content (AvgIpc) is 3.18. The van der Waals surface area contributed by atoms with Crippen LogP contribution in [0.3, 0.4) is 0 Å². The molecule has 3 amide bonds. The largest absolute Gasteiger partial charge is 0.328 e. The zero-order valence-corrected chi connectivity index (χ0v) is 21.3. The van der Waals surface area contributed by atoms with Gasteiger partial charge in [0.15, 0.2) is 0 Å². The molecule has 0 aliphatic rings. The molecule has 3 N–H and O–H groups in total. The van der Waals surface area contributed by atoms with E-state index in [0.29, 0.717) is 33.7 Å². The Kier molecular flexibility index (Phi) is 7.23. The molecule has 4 rings (SSSR count). The van der Waals surface area contributed by atoms with Gasteiger partial charge < -0.3 is 10.6 Å². The van der Waals surface area contributed by atoms with Gasteiger partial charge in [0, 0.05) is 20.6 Å². The molecular weight excluding hydrogens is 532 g/mol. The summed E-state index contributed by atoms with van der Waals surface area (Å²) in [5.74, 6) is -2.25. The highest BCUT2D eigenvalue weighted by Crippen LogP contribution is 2.26. The van der Waals surface area contributed by atoms with Crippen molar-refractivity contribution >= 4 is 67.5 Å². The molecule has 0 spiro atoms. The number of carbonyl (C=O) groups is 3. The van der Waals surface area contributed by atoms with Crippen LogP contribution in [0, 0.1) is 6.92 Å². The highest BCUT2D eigenvalue weighted by atomic mass is 79.9. The van der Waals surface area contributed by atoms with E-state index in [1.165, 1.54) is 4.68 Å². The molecule has 0 radical (unpaired) electrons. The highest BCUT2D eigenvalue weighted by Gasteiger charge is 2.22. The zero-order valence-electron chi connectivity index (χ0n) is 19.0. The van der Waals surface area contributed by atoms with Crippen molar-refractivity contribution in [1.29, 1.82) is 0 Å². The fourth-order valence-electron chi connectivity index (χ4n) is 3.66. The van der Waals surface area contributed by atoms with Gasteiger partial charge in [0.25, 0.3) is 5.91 Å². The normalized spacial score (nSPS) is 10.7. The Labute approximate surface area is 215 Å². The van der Waals surface area contributed by atoms with Crippen molar-refractivity contribution in [3.05, 3.63) is 93.0 Å². The molecule has 9 heteroatoms. The van der Waals surface area contributed by atoms with Gasteiger partial charge in [-0.05, 0) is 82.9 Å². The predicted molar refractivity (Wildman–Crippen MR) is 143 cm³/mol. The molecule has 1 aromatic heterocycles. The summed E-state index contributed by atoms with van der Waals surface area (Å²) in [7, 11) is 0. The van der Waals surface area contributed by atoms with Crippen molar-refractivity contribution in [3.63, 3.8) is 0 Å². The third kappa shape index (κ3) is 5.39. The van der Waals surface area contributed by atoms with Gasteiger partial charge in [-0.15, -0.1) is 0 Å². The van der Waals surface area contributed by atoms with Gasteiger partial charge in [0.2, 0.25) is 0 Å². The fraction of sp³-hybridized carbons (Fsp3) is 0.115. The molecule has 7 nitrogen and oxygen atoms in total. The van der Waals surface area contributed by atoms with E-state index >= 15 is 0 Å². The summed E-state index contributed by atoms with van der Waals surface area (Å²) in [6.45, 7) is 3.90. The van der Waals surface area contributed by atoms with E-state index in [0.717, 1.165) is 15.6 Å². The van der Waals surface area contributed by atoms with Crippen molar-refractivity contribution in [2.24, 2.45) is 0 Å². The SMILES string of the molecule is CCc1ccccc1NC(=O)C(=O)Nn1c(C(=O)Nc2ccc(C)cc2Br)cc2cc(Cl)ccc21. The number of amides is 3. The number of anilines is 2. The monoisotopic (exact) mass is 552 g/mol. The number of carbonyl (C=O) groups excluding carboxylic acids is 3. The average molecular weight is 554 g/mol. The standard InChI is InChI=1S/C26H22BrClN4O3/c1-3-16-6-4-5-7-20(16)29-25(34)26(35)31-32-22-11-9-18(28)13-17(22)14-23(32)24(33)30-21-10-8-15(2)12-19(21)27/h4-14H,3H2,1-2H3,(H,29,34)(H,30,33)(H,31,35). The van der Waals surface area contributed by atoms with Crippen molar-refractivity contribution in [2.75, 3.05) is 16.1 Å². The van der Waals surface area contributed by atoms with E-state index in [2.05, 4.69) is 32.0 Å². The van der Waals surface area contributed by atoms with Gasteiger partial charge in [-0.2, -0.15) is 0 Å². The van der Waals surface area contributed by atoms with Gasteiger partial charge in [-0.3, -0.25) is 19.8 Å². The summed E-state index contributed by atoms with van der Waals surface area (Å²) < 4.78 is 2.01.